The second kappa shape index (κ2) is 7.84. The second-order valence-corrected chi connectivity index (χ2v) is 3.55. The summed E-state index contributed by atoms with van der Waals surface area (Å²) in [6, 6.07) is 0. The smallest absolute Gasteiger partial charge is 0.300 e. The van der Waals surface area contributed by atoms with Crippen molar-refractivity contribution in [3.63, 3.8) is 0 Å². The Labute approximate surface area is 80.7 Å². The van der Waals surface area contributed by atoms with E-state index >= 15 is 0 Å². The van der Waals surface area contributed by atoms with Gasteiger partial charge in [-0.15, -0.1) is 6.58 Å². The lowest BCUT2D eigenvalue weighted by Crippen LogP contribution is -2.04. The third-order valence-electron chi connectivity index (χ3n) is 2.22. The van der Waals surface area contributed by atoms with Gasteiger partial charge in [0, 0.05) is 6.92 Å². The number of hydrogen-bond acceptors (Lipinski definition) is 1. The van der Waals surface area contributed by atoms with Crippen LogP contribution in [0.15, 0.2) is 12.7 Å². The van der Waals surface area contributed by atoms with Gasteiger partial charge in [0.2, 0.25) is 0 Å². The van der Waals surface area contributed by atoms with E-state index < -0.39 is 5.97 Å². The fourth-order valence-electron chi connectivity index (χ4n) is 1.66. The van der Waals surface area contributed by atoms with E-state index in [1.165, 1.54) is 38.5 Å². The molecule has 0 spiro atoms. The summed E-state index contributed by atoms with van der Waals surface area (Å²) in [5, 5.41) is 7.42. The van der Waals surface area contributed by atoms with Crippen LogP contribution in [0.3, 0.4) is 0 Å². The van der Waals surface area contributed by atoms with Crippen LogP contribution in [0.2, 0.25) is 0 Å². The number of hydrogen-bond donors (Lipinski definition) is 1. The normalized spacial score (nSPS) is 17.0. The highest BCUT2D eigenvalue weighted by Gasteiger charge is 2.10. The molecule has 0 amide bonds. The Balaban J connectivity index is 0.000000310. The quantitative estimate of drug-likeness (QED) is 0.669. The highest BCUT2D eigenvalue weighted by Crippen LogP contribution is 2.25. The molecule has 0 aromatic carbocycles. The van der Waals surface area contributed by atoms with Crippen molar-refractivity contribution < 1.29 is 9.90 Å². The molecule has 0 heterocycles. The average molecular weight is 184 g/mol. The Morgan fingerprint density at radius 1 is 1.46 bits per heavy atom. The topological polar surface area (TPSA) is 37.3 Å². The number of allylic oxidation sites excluding steroid dienone is 1. The fraction of sp³-hybridized carbons (Fsp3) is 0.727. The highest BCUT2D eigenvalue weighted by atomic mass is 16.4. The Bertz CT molecular complexity index is 142. The predicted octanol–water partition coefficient (Wildman–Crippen LogP) is 3.23. The first-order chi connectivity index (χ1) is 6.16. The molecule has 13 heavy (non-hydrogen) atoms. The van der Waals surface area contributed by atoms with Crippen LogP contribution in [0.4, 0.5) is 0 Å². The average Bonchev–Trinajstić information content (AvgIpc) is 2.06. The molecule has 0 saturated heterocycles. The number of carboxylic acid groups (broad SMARTS) is 1. The summed E-state index contributed by atoms with van der Waals surface area (Å²) < 4.78 is 0. The van der Waals surface area contributed by atoms with Crippen molar-refractivity contribution in [3.8, 4) is 0 Å². The van der Waals surface area contributed by atoms with Crippen LogP contribution in [0.5, 0.6) is 0 Å². The SMILES string of the molecule is C=CCC1CCCCC1.CC(=O)O. The van der Waals surface area contributed by atoms with E-state index in [0.717, 1.165) is 12.8 Å². The van der Waals surface area contributed by atoms with Gasteiger partial charge in [0.25, 0.3) is 5.97 Å². The molecule has 2 nitrogen and oxygen atoms in total. The molecule has 0 unspecified atom stereocenters. The van der Waals surface area contributed by atoms with Gasteiger partial charge in [-0.05, 0) is 12.3 Å². The molecule has 1 N–H and O–H groups in total. The van der Waals surface area contributed by atoms with Crippen molar-refractivity contribution in [3.05, 3.63) is 12.7 Å². The largest absolute Gasteiger partial charge is 0.481 e. The van der Waals surface area contributed by atoms with Crippen molar-refractivity contribution in [2.24, 2.45) is 5.92 Å². The Kier molecular flexibility index (Phi) is 7.36. The Hall–Kier alpha value is -0.790. The first-order valence-electron chi connectivity index (χ1n) is 4.97. The summed E-state index contributed by atoms with van der Waals surface area (Å²) in [6.45, 7) is 4.84. The molecule has 0 bridgehead atoms. The van der Waals surface area contributed by atoms with Gasteiger partial charge in [-0.1, -0.05) is 38.2 Å². The van der Waals surface area contributed by atoms with Crippen molar-refractivity contribution in [2.45, 2.75) is 45.4 Å². The molecule has 1 rings (SSSR count). The zero-order valence-electron chi connectivity index (χ0n) is 8.46. The van der Waals surface area contributed by atoms with Gasteiger partial charge in [-0.2, -0.15) is 0 Å². The predicted molar refractivity (Wildman–Crippen MR) is 54.7 cm³/mol. The van der Waals surface area contributed by atoms with Crippen molar-refractivity contribution in [2.75, 3.05) is 0 Å². The lowest BCUT2D eigenvalue weighted by molar-refractivity contribution is -0.134. The number of carbonyl (C=O) groups is 1. The monoisotopic (exact) mass is 184 g/mol. The standard InChI is InChI=1S/C9H16.C2H4O2/c1-2-6-9-7-4-3-5-8-9;1-2(3)4/h2,9H,1,3-8H2;1H3,(H,3,4). The minimum absolute atomic E-state index is 0.833. The molecular weight excluding hydrogens is 164 g/mol. The number of aliphatic carboxylic acids is 1. The molecule has 0 aromatic rings. The minimum atomic E-state index is -0.833. The summed E-state index contributed by atoms with van der Waals surface area (Å²) in [5.74, 6) is 0.149. The third-order valence-corrected chi connectivity index (χ3v) is 2.22. The van der Waals surface area contributed by atoms with Crippen LogP contribution in [0.1, 0.15) is 45.4 Å². The van der Waals surface area contributed by atoms with Crippen LogP contribution < -0.4 is 0 Å². The fourth-order valence-corrected chi connectivity index (χ4v) is 1.66. The van der Waals surface area contributed by atoms with E-state index in [4.69, 9.17) is 9.90 Å². The molecule has 76 valence electrons. The van der Waals surface area contributed by atoms with E-state index in [1.54, 1.807) is 0 Å². The summed E-state index contributed by atoms with van der Waals surface area (Å²) in [6.07, 6.45) is 10.6. The molecule has 0 radical (unpaired) electrons. The van der Waals surface area contributed by atoms with Crippen molar-refractivity contribution in [1.82, 2.24) is 0 Å². The van der Waals surface area contributed by atoms with Gasteiger partial charge in [-0.3, -0.25) is 4.79 Å². The number of rotatable bonds is 2. The van der Waals surface area contributed by atoms with E-state index in [0.29, 0.717) is 0 Å². The van der Waals surface area contributed by atoms with Gasteiger partial charge < -0.3 is 5.11 Å². The maximum absolute atomic E-state index is 9.00. The number of carboxylic acids is 1. The third kappa shape index (κ3) is 9.12. The molecule has 0 atom stereocenters. The van der Waals surface area contributed by atoms with Gasteiger partial charge in [0.05, 0.1) is 0 Å². The summed E-state index contributed by atoms with van der Waals surface area (Å²) in [5.41, 5.74) is 0. The first kappa shape index (κ1) is 12.2. The van der Waals surface area contributed by atoms with E-state index in [9.17, 15) is 0 Å². The molecule has 2 heteroatoms. The molecular formula is C11H20O2. The zero-order chi connectivity index (χ0) is 10.1. The summed E-state index contributed by atoms with van der Waals surface area (Å²) >= 11 is 0. The second-order valence-electron chi connectivity index (χ2n) is 3.55. The maximum Gasteiger partial charge on any atom is 0.300 e. The van der Waals surface area contributed by atoms with Gasteiger partial charge in [0.1, 0.15) is 0 Å². The highest BCUT2D eigenvalue weighted by molar-refractivity contribution is 5.62. The molecule has 1 aliphatic carbocycles. The van der Waals surface area contributed by atoms with E-state index in [-0.39, 0.29) is 0 Å². The Morgan fingerprint density at radius 2 is 1.92 bits per heavy atom. The van der Waals surface area contributed by atoms with Crippen LogP contribution >= 0.6 is 0 Å². The lowest BCUT2D eigenvalue weighted by atomic mass is 9.87. The molecule has 1 fully saturated rings. The molecule has 0 aliphatic heterocycles. The van der Waals surface area contributed by atoms with Crippen LogP contribution in [0, 0.1) is 5.92 Å². The summed E-state index contributed by atoms with van der Waals surface area (Å²) in [7, 11) is 0. The first-order valence-corrected chi connectivity index (χ1v) is 4.97. The van der Waals surface area contributed by atoms with E-state index in [2.05, 4.69) is 12.7 Å². The maximum atomic E-state index is 9.00. The Morgan fingerprint density at radius 3 is 2.31 bits per heavy atom. The van der Waals surface area contributed by atoms with E-state index in [1.807, 2.05) is 0 Å². The zero-order valence-corrected chi connectivity index (χ0v) is 8.46. The molecule has 1 saturated carbocycles. The van der Waals surface area contributed by atoms with Gasteiger partial charge >= 0.3 is 0 Å². The molecule has 1 aliphatic rings. The van der Waals surface area contributed by atoms with Crippen LogP contribution in [-0.4, -0.2) is 11.1 Å². The minimum Gasteiger partial charge on any atom is -0.481 e. The van der Waals surface area contributed by atoms with Gasteiger partial charge in [0.15, 0.2) is 0 Å². The lowest BCUT2D eigenvalue weighted by Gasteiger charge is -2.19. The van der Waals surface area contributed by atoms with Crippen LogP contribution in [0.25, 0.3) is 0 Å². The van der Waals surface area contributed by atoms with Crippen molar-refractivity contribution >= 4 is 5.97 Å². The summed E-state index contributed by atoms with van der Waals surface area (Å²) in [4.78, 5) is 9.00. The molecule has 0 aromatic heterocycles. The van der Waals surface area contributed by atoms with Crippen LogP contribution in [-0.2, 0) is 4.79 Å². The van der Waals surface area contributed by atoms with Crippen molar-refractivity contribution in [1.29, 1.82) is 0 Å². The van der Waals surface area contributed by atoms with Gasteiger partial charge in [-0.25, -0.2) is 0 Å².